The molecular formula is C14H18N2O4. The molecule has 2 amide bonds. The highest BCUT2D eigenvalue weighted by Crippen LogP contribution is 2.16. The number of ether oxygens (including phenoxy) is 2. The van der Waals surface area contributed by atoms with E-state index in [1.165, 1.54) is 0 Å². The van der Waals surface area contributed by atoms with Crippen LogP contribution in [0.15, 0.2) is 24.3 Å². The maximum absolute atomic E-state index is 11.6. The largest absolute Gasteiger partial charge is 0.483 e. The van der Waals surface area contributed by atoms with Gasteiger partial charge in [-0.25, -0.2) is 0 Å². The number of hydrogen-bond acceptors (Lipinski definition) is 4. The zero-order valence-electron chi connectivity index (χ0n) is 11.1. The summed E-state index contributed by atoms with van der Waals surface area (Å²) in [4.78, 5) is 22.8. The average Bonchev–Trinajstić information content (AvgIpc) is 2.96. The first-order chi connectivity index (χ1) is 9.66. The Labute approximate surface area is 117 Å². The molecule has 3 N–H and O–H groups in total. The van der Waals surface area contributed by atoms with E-state index in [9.17, 15) is 9.59 Å². The Morgan fingerprint density at radius 1 is 1.40 bits per heavy atom. The lowest BCUT2D eigenvalue weighted by Gasteiger charge is -2.12. The second-order valence-electron chi connectivity index (χ2n) is 4.59. The smallest absolute Gasteiger partial charge is 0.258 e. The highest BCUT2D eigenvalue weighted by atomic mass is 16.5. The average molecular weight is 278 g/mol. The molecule has 20 heavy (non-hydrogen) atoms. The van der Waals surface area contributed by atoms with Gasteiger partial charge in [-0.2, -0.15) is 0 Å². The Bertz CT molecular complexity index is 484. The van der Waals surface area contributed by atoms with Crippen LogP contribution in [0.3, 0.4) is 0 Å². The van der Waals surface area contributed by atoms with Crippen LogP contribution in [0.25, 0.3) is 0 Å². The van der Waals surface area contributed by atoms with Gasteiger partial charge in [0, 0.05) is 13.2 Å². The lowest BCUT2D eigenvalue weighted by molar-refractivity contribution is -0.123. The molecule has 1 aromatic rings. The normalized spacial score (nSPS) is 17.7. The molecule has 6 heteroatoms. The second kappa shape index (κ2) is 6.91. The Morgan fingerprint density at radius 2 is 2.20 bits per heavy atom. The summed E-state index contributed by atoms with van der Waals surface area (Å²) >= 11 is 0. The summed E-state index contributed by atoms with van der Waals surface area (Å²) < 4.78 is 10.7. The molecule has 1 atom stereocenters. The second-order valence-corrected chi connectivity index (χ2v) is 4.59. The molecule has 1 aliphatic heterocycles. The van der Waals surface area contributed by atoms with Crippen molar-refractivity contribution in [1.29, 1.82) is 0 Å². The molecule has 1 aliphatic rings. The number of nitrogens with two attached hydrogens (primary N) is 1. The van der Waals surface area contributed by atoms with Crippen LogP contribution in [-0.4, -0.2) is 37.7 Å². The maximum Gasteiger partial charge on any atom is 0.258 e. The summed E-state index contributed by atoms with van der Waals surface area (Å²) in [5.41, 5.74) is 5.49. The molecule has 0 bridgehead atoms. The van der Waals surface area contributed by atoms with Crippen molar-refractivity contribution in [2.45, 2.75) is 18.9 Å². The van der Waals surface area contributed by atoms with Gasteiger partial charge in [0.25, 0.3) is 11.8 Å². The summed E-state index contributed by atoms with van der Waals surface area (Å²) in [6, 6.07) is 6.56. The number of carbonyl (C=O) groups excluding carboxylic acids is 2. The quantitative estimate of drug-likeness (QED) is 0.791. The van der Waals surface area contributed by atoms with Crippen molar-refractivity contribution >= 4 is 11.8 Å². The molecule has 0 radical (unpaired) electrons. The van der Waals surface area contributed by atoms with Gasteiger partial charge in [-0.15, -0.1) is 0 Å². The molecule has 0 aliphatic carbocycles. The number of amides is 2. The summed E-state index contributed by atoms with van der Waals surface area (Å²) in [6.07, 6.45) is 2.09. The van der Waals surface area contributed by atoms with Crippen molar-refractivity contribution in [3.8, 4) is 5.75 Å². The molecular weight excluding hydrogens is 260 g/mol. The fourth-order valence-corrected chi connectivity index (χ4v) is 2.02. The molecule has 1 saturated heterocycles. The van der Waals surface area contributed by atoms with Gasteiger partial charge < -0.3 is 20.5 Å². The topological polar surface area (TPSA) is 90.7 Å². The van der Waals surface area contributed by atoms with Gasteiger partial charge in [0.15, 0.2) is 6.61 Å². The third-order valence-corrected chi connectivity index (χ3v) is 3.06. The Balaban J connectivity index is 1.79. The zero-order chi connectivity index (χ0) is 14.4. The molecule has 6 nitrogen and oxygen atoms in total. The van der Waals surface area contributed by atoms with Gasteiger partial charge in [-0.3, -0.25) is 9.59 Å². The fourth-order valence-electron chi connectivity index (χ4n) is 2.02. The van der Waals surface area contributed by atoms with Crippen LogP contribution in [0.4, 0.5) is 0 Å². The number of carbonyl (C=O) groups is 2. The van der Waals surface area contributed by atoms with E-state index in [2.05, 4.69) is 5.32 Å². The van der Waals surface area contributed by atoms with Crippen LogP contribution < -0.4 is 15.8 Å². The van der Waals surface area contributed by atoms with E-state index in [1.54, 1.807) is 24.3 Å². The van der Waals surface area contributed by atoms with Crippen molar-refractivity contribution in [1.82, 2.24) is 5.32 Å². The number of para-hydroxylation sites is 1. The third-order valence-electron chi connectivity index (χ3n) is 3.06. The van der Waals surface area contributed by atoms with Crippen LogP contribution in [0, 0.1) is 0 Å². The lowest BCUT2D eigenvalue weighted by Crippen LogP contribution is -2.35. The predicted octanol–water partition coefficient (Wildman–Crippen LogP) is 0.459. The first-order valence-electron chi connectivity index (χ1n) is 6.57. The highest BCUT2D eigenvalue weighted by molar-refractivity contribution is 5.95. The predicted molar refractivity (Wildman–Crippen MR) is 72.4 cm³/mol. The summed E-state index contributed by atoms with van der Waals surface area (Å²) in [7, 11) is 0. The molecule has 0 unspecified atom stereocenters. The van der Waals surface area contributed by atoms with E-state index in [-0.39, 0.29) is 24.2 Å². The van der Waals surface area contributed by atoms with Gasteiger partial charge in [0.2, 0.25) is 0 Å². The summed E-state index contributed by atoms with van der Waals surface area (Å²) in [5, 5.41) is 2.74. The van der Waals surface area contributed by atoms with Crippen molar-refractivity contribution in [3.05, 3.63) is 29.8 Å². The zero-order valence-corrected chi connectivity index (χ0v) is 11.1. The van der Waals surface area contributed by atoms with Crippen molar-refractivity contribution in [2.75, 3.05) is 19.8 Å². The van der Waals surface area contributed by atoms with E-state index in [0.717, 1.165) is 19.4 Å². The van der Waals surface area contributed by atoms with Gasteiger partial charge in [0.1, 0.15) is 5.75 Å². The lowest BCUT2D eigenvalue weighted by atomic mass is 10.2. The van der Waals surface area contributed by atoms with Crippen molar-refractivity contribution in [2.24, 2.45) is 5.73 Å². The number of primary amides is 1. The standard InChI is InChI=1S/C14H18N2O4/c15-14(18)11-5-1-2-6-12(11)20-9-13(17)16-8-10-4-3-7-19-10/h1-2,5-6,10H,3-4,7-9H2,(H2,15,18)(H,16,17)/t10-/m1/s1. The van der Waals surface area contributed by atoms with E-state index >= 15 is 0 Å². The van der Waals surface area contributed by atoms with Crippen LogP contribution in [0.5, 0.6) is 5.75 Å². The molecule has 0 saturated carbocycles. The van der Waals surface area contributed by atoms with E-state index in [0.29, 0.717) is 12.3 Å². The van der Waals surface area contributed by atoms with Gasteiger partial charge in [-0.05, 0) is 25.0 Å². The molecule has 1 fully saturated rings. The summed E-state index contributed by atoms with van der Waals surface area (Å²) in [5.74, 6) is -0.521. The molecule has 108 valence electrons. The maximum atomic E-state index is 11.6. The Hall–Kier alpha value is -2.08. The molecule has 0 spiro atoms. The van der Waals surface area contributed by atoms with Crippen molar-refractivity contribution < 1.29 is 19.1 Å². The number of benzene rings is 1. The first-order valence-corrected chi connectivity index (χ1v) is 6.57. The molecule has 1 aromatic carbocycles. The van der Waals surface area contributed by atoms with Crippen molar-refractivity contribution in [3.63, 3.8) is 0 Å². The van der Waals surface area contributed by atoms with Crippen LogP contribution >= 0.6 is 0 Å². The monoisotopic (exact) mass is 278 g/mol. The van der Waals surface area contributed by atoms with Gasteiger partial charge >= 0.3 is 0 Å². The minimum Gasteiger partial charge on any atom is -0.483 e. The third kappa shape index (κ3) is 3.96. The number of hydrogen-bond donors (Lipinski definition) is 2. The summed E-state index contributed by atoms with van der Waals surface area (Å²) in [6.45, 7) is 1.08. The highest BCUT2D eigenvalue weighted by Gasteiger charge is 2.16. The Morgan fingerprint density at radius 3 is 2.90 bits per heavy atom. The van der Waals surface area contributed by atoms with Gasteiger partial charge in [-0.1, -0.05) is 12.1 Å². The number of rotatable bonds is 6. The SMILES string of the molecule is NC(=O)c1ccccc1OCC(=O)NC[C@H]1CCCO1. The Kier molecular flexibility index (Phi) is 4.95. The molecule has 0 aromatic heterocycles. The minimum absolute atomic E-state index is 0.0943. The number of nitrogens with one attached hydrogen (secondary N) is 1. The van der Waals surface area contributed by atoms with E-state index in [4.69, 9.17) is 15.2 Å². The first kappa shape index (κ1) is 14.3. The van der Waals surface area contributed by atoms with E-state index < -0.39 is 5.91 Å². The van der Waals surface area contributed by atoms with E-state index in [1.807, 2.05) is 0 Å². The molecule has 2 rings (SSSR count). The minimum atomic E-state index is -0.583. The van der Waals surface area contributed by atoms with Crippen LogP contribution in [0.2, 0.25) is 0 Å². The van der Waals surface area contributed by atoms with Crippen LogP contribution in [0.1, 0.15) is 23.2 Å². The van der Waals surface area contributed by atoms with Crippen LogP contribution in [-0.2, 0) is 9.53 Å². The molecule has 1 heterocycles. The van der Waals surface area contributed by atoms with Gasteiger partial charge in [0.05, 0.1) is 11.7 Å². The fraction of sp³-hybridized carbons (Fsp3) is 0.429.